The lowest BCUT2D eigenvalue weighted by atomic mass is 9.81. The van der Waals surface area contributed by atoms with Crippen LogP contribution in [0.3, 0.4) is 0 Å². The molecule has 5 rings (SSSR count). The minimum atomic E-state index is 0.617. The van der Waals surface area contributed by atoms with E-state index in [0.29, 0.717) is 6.04 Å². The first-order valence-electron chi connectivity index (χ1n) is 10.3. The molecule has 2 unspecified atom stereocenters. The first-order chi connectivity index (χ1) is 13.4. The van der Waals surface area contributed by atoms with Crippen molar-refractivity contribution in [3.05, 3.63) is 72.1 Å². The van der Waals surface area contributed by atoms with Crippen LogP contribution in [0.4, 0.5) is 0 Å². The van der Waals surface area contributed by atoms with Gasteiger partial charge in [0.25, 0.3) is 0 Å². The van der Waals surface area contributed by atoms with Gasteiger partial charge in [-0.15, -0.1) is 0 Å². The van der Waals surface area contributed by atoms with Crippen molar-refractivity contribution in [2.24, 2.45) is 0 Å². The molecule has 0 saturated carbocycles. The van der Waals surface area contributed by atoms with Crippen LogP contribution in [0.2, 0.25) is 0 Å². The Morgan fingerprint density at radius 3 is 2.56 bits per heavy atom. The molecule has 4 heterocycles. The van der Waals surface area contributed by atoms with Gasteiger partial charge in [0.15, 0.2) is 0 Å². The zero-order valence-electron chi connectivity index (χ0n) is 15.8. The number of rotatable bonds is 5. The molecule has 2 atom stereocenters. The number of hydrogen-bond acceptors (Lipinski definition) is 3. The van der Waals surface area contributed by atoms with Gasteiger partial charge in [0.2, 0.25) is 0 Å². The van der Waals surface area contributed by atoms with Gasteiger partial charge in [-0.3, -0.25) is 4.90 Å². The van der Waals surface area contributed by atoms with Crippen LogP contribution in [0.15, 0.2) is 60.9 Å². The van der Waals surface area contributed by atoms with E-state index in [1.165, 1.54) is 48.7 Å². The van der Waals surface area contributed by atoms with Crippen molar-refractivity contribution in [3.63, 3.8) is 0 Å². The Morgan fingerprint density at radius 1 is 0.963 bits per heavy atom. The van der Waals surface area contributed by atoms with Crippen LogP contribution in [0.5, 0.6) is 0 Å². The summed E-state index contributed by atoms with van der Waals surface area (Å²) in [6.45, 7) is 2.02. The highest BCUT2D eigenvalue weighted by atomic mass is 15.2. The highest BCUT2D eigenvalue weighted by Crippen LogP contribution is 2.35. The van der Waals surface area contributed by atoms with Crippen molar-refractivity contribution in [1.82, 2.24) is 19.8 Å². The van der Waals surface area contributed by atoms with Crippen LogP contribution < -0.4 is 5.32 Å². The van der Waals surface area contributed by atoms with E-state index in [0.717, 1.165) is 25.2 Å². The molecule has 4 heteroatoms. The number of aromatic nitrogens is 2. The van der Waals surface area contributed by atoms with E-state index in [1.54, 1.807) is 0 Å². The van der Waals surface area contributed by atoms with Gasteiger partial charge in [0.05, 0.1) is 11.7 Å². The lowest BCUT2D eigenvalue weighted by Crippen LogP contribution is -2.55. The van der Waals surface area contributed by atoms with Crippen LogP contribution in [0.25, 0.3) is 5.52 Å². The summed E-state index contributed by atoms with van der Waals surface area (Å²) in [6, 6.07) is 19.3. The fourth-order valence-electron chi connectivity index (χ4n) is 5.08. The smallest absolute Gasteiger partial charge is 0.0706 e. The van der Waals surface area contributed by atoms with E-state index in [9.17, 15) is 0 Å². The summed E-state index contributed by atoms with van der Waals surface area (Å²) in [5.41, 5.74) is 3.96. The molecule has 2 bridgehead atoms. The summed E-state index contributed by atoms with van der Waals surface area (Å²) in [6.07, 6.45) is 10.6. The van der Waals surface area contributed by atoms with Crippen molar-refractivity contribution in [2.45, 2.75) is 63.3 Å². The third-order valence-electron chi connectivity index (χ3n) is 6.42. The minimum Gasteiger partial charge on any atom is -0.310 e. The Hall–Kier alpha value is -2.17. The normalized spacial score (nSPS) is 25.7. The molecule has 2 aliphatic heterocycles. The predicted octanol–water partition coefficient (Wildman–Crippen LogP) is 4.01. The molecule has 3 aromatic rings. The van der Waals surface area contributed by atoms with Gasteiger partial charge >= 0.3 is 0 Å². The summed E-state index contributed by atoms with van der Waals surface area (Å²) >= 11 is 0. The van der Waals surface area contributed by atoms with Crippen molar-refractivity contribution >= 4 is 5.52 Å². The van der Waals surface area contributed by atoms with Gasteiger partial charge in [-0.25, -0.2) is 4.52 Å². The number of piperidine rings is 2. The fourth-order valence-corrected chi connectivity index (χ4v) is 5.08. The summed E-state index contributed by atoms with van der Waals surface area (Å²) in [4.78, 5) is 2.78. The zero-order valence-corrected chi connectivity index (χ0v) is 15.8. The molecule has 27 heavy (non-hydrogen) atoms. The average Bonchev–Trinajstić information content (AvgIpc) is 3.11. The summed E-state index contributed by atoms with van der Waals surface area (Å²) in [5.74, 6) is 0. The first-order valence-corrected chi connectivity index (χ1v) is 10.3. The van der Waals surface area contributed by atoms with E-state index in [4.69, 9.17) is 0 Å². The molecule has 2 aliphatic rings. The lowest BCUT2D eigenvalue weighted by Gasteiger charge is -2.49. The largest absolute Gasteiger partial charge is 0.310 e. The van der Waals surface area contributed by atoms with E-state index >= 15 is 0 Å². The molecule has 2 fully saturated rings. The van der Waals surface area contributed by atoms with E-state index in [-0.39, 0.29) is 0 Å². The van der Waals surface area contributed by atoms with Crippen LogP contribution in [-0.2, 0) is 13.1 Å². The van der Waals surface area contributed by atoms with Gasteiger partial charge < -0.3 is 5.32 Å². The lowest BCUT2D eigenvalue weighted by molar-refractivity contribution is 0.0173. The molecule has 0 aliphatic carbocycles. The maximum absolute atomic E-state index is 4.47. The Bertz CT molecular complexity index is 874. The summed E-state index contributed by atoms with van der Waals surface area (Å²) in [7, 11) is 0. The number of fused-ring (bicyclic) bond motifs is 3. The van der Waals surface area contributed by atoms with Gasteiger partial charge in [-0.05, 0) is 43.4 Å². The van der Waals surface area contributed by atoms with Gasteiger partial charge in [-0.1, -0.05) is 42.8 Å². The second-order valence-corrected chi connectivity index (χ2v) is 8.15. The molecule has 4 nitrogen and oxygen atoms in total. The predicted molar refractivity (Wildman–Crippen MR) is 108 cm³/mol. The monoisotopic (exact) mass is 360 g/mol. The minimum absolute atomic E-state index is 0.617. The Morgan fingerprint density at radius 2 is 1.74 bits per heavy atom. The number of nitrogens with zero attached hydrogens (tertiary/aromatic N) is 3. The third-order valence-corrected chi connectivity index (χ3v) is 6.42. The third kappa shape index (κ3) is 3.52. The maximum atomic E-state index is 4.47. The first kappa shape index (κ1) is 17.0. The Labute approximate surface area is 161 Å². The molecule has 0 amide bonds. The van der Waals surface area contributed by atoms with Crippen LogP contribution in [0, 0.1) is 0 Å². The van der Waals surface area contributed by atoms with Gasteiger partial charge in [-0.2, -0.15) is 5.10 Å². The number of benzene rings is 1. The number of nitrogens with one attached hydrogen (secondary N) is 1. The van der Waals surface area contributed by atoms with Gasteiger partial charge in [0.1, 0.15) is 0 Å². The quantitative estimate of drug-likeness (QED) is 0.746. The molecule has 2 aromatic heterocycles. The summed E-state index contributed by atoms with van der Waals surface area (Å²) < 4.78 is 1.97. The molecule has 0 radical (unpaired) electrons. The van der Waals surface area contributed by atoms with Crippen molar-refractivity contribution < 1.29 is 0 Å². The van der Waals surface area contributed by atoms with Crippen LogP contribution in [0.1, 0.15) is 43.2 Å². The van der Waals surface area contributed by atoms with E-state index in [2.05, 4.69) is 57.8 Å². The van der Waals surface area contributed by atoms with Crippen molar-refractivity contribution in [2.75, 3.05) is 0 Å². The number of pyridine rings is 1. The fraction of sp³-hybridized carbons (Fsp3) is 0.435. The van der Waals surface area contributed by atoms with Crippen molar-refractivity contribution in [3.8, 4) is 0 Å². The second kappa shape index (κ2) is 7.45. The molecule has 1 aromatic carbocycles. The highest BCUT2D eigenvalue weighted by Gasteiger charge is 2.37. The zero-order chi connectivity index (χ0) is 18.1. The topological polar surface area (TPSA) is 32.6 Å². The molecule has 140 valence electrons. The standard InChI is InChI=1S/C23H28N4/c1-2-7-18(8-3-1)17-26-21-9-6-10-22(26)14-20(13-21)24-15-19-16-25-27-12-5-4-11-23(19)27/h1-5,7-8,11-12,16,20-22,24H,6,9-10,13-15,17H2. The molecular weight excluding hydrogens is 332 g/mol. The Kier molecular flexibility index (Phi) is 4.68. The maximum Gasteiger partial charge on any atom is 0.0706 e. The highest BCUT2D eigenvalue weighted by molar-refractivity contribution is 5.53. The van der Waals surface area contributed by atoms with Crippen LogP contribution in [-0.4, -0.2) is 32.6 Å². The van der Waals surface area contributed by atoms with Crippen molar-refractivity contribution in [1.29, 1.82) is 0 Å². The SMILES string of the molecule is c1ccc(CN2C3CCCC2CC(NCc2cnn4ccccc24)C3)cc1. The van der Waals surface area contributed by atoms with Crippen LogP contribution >= 0.6 is 0 Å². The number of hydrogen-bond donors (Lipinski definition) is 1. The van der Waals surface area contributed by atoms with Gasteiger partial charge in [0, 0.05) is 43.0 Å². The molecular formula is C23H28N4. The Balaban J connectivity index is 1.24. The molecule has 2 saturated heterocycles. The summed E-state index contributed by atoms with van der Waals surface area (Å²) in [5, 5.41) is 8.32. The molecule has 0 spiro atoms. The average molecular weight is 361 g/mol. The van der Waals surface area contributed by atoms with E-state index in [1.807, 2.05) is 23.0 Å². The van der Waals surface area contributed by atoms with E-state index < -0.39 is 0 Å². The molecule has 1 N–H and O–H groups in total. The second-order valence-electron chi connectivity index (χ2n) is 8.15.